The molecule has 1 rings (SSSR count). The molecule has 0 saturated heterocycles. The van der Waals surface area contributed by atoms with Crippen molar-refractivity contribution < 1.29 is 4.79 Å². The number of benzene rings is 1. The Morgan fingerprint density at radius 3 is 2.33 bits per heavy atom. The first-order valence-corrected chi connectivity index (χ1v) is 6.35. The van der Waals surface area contributed by atoms with Crippen LogP contribution in [0.25, 0.3) is 0 Å². The van der Waals surface area contributed by atoms with Crippen molar-refractivity contribution in [2.45, 2.75) is 46.0 Å². The molecular weight excluding hydrogens is 224 g/mol. The van der Waals surface area contributed by atoms with Crippen molar-refractivity contribution in [2.24, 2.45) is 0 Å². The average molecular weight is 248 g/mol. The zero-order chi connectivity index (χ0) is 13.9. The maximum Gasteiger partial charge on any atom is 0.241 e. The maximum absolute atomic E-state index is 11.8. The predicted octanol–water partition coefficient (Wildman–Crippen LogP) is 2.65. The minimum atomic E-state index is -0.147. The van der Waals surface area contributed by atoms with Crippen LogP contribution < -0.4 is 10.9 Å². The summed E-state index contributed by atoms with van der Waals surface area (Å²) in [5.74, 6) is -0.157. The van der Waals surface area contributed by atoms with Crippen molar-refractivity contribution in [3.8, 4) is 0 Å². The molecule has 0 spiro atoms. The number of amides is 1. The normalized spacial score (nSPS) is 13.2. The van der Waals surface area contributed by atoms with Crippen LogP contribution in [0.15, 0.2) is 18.2 Å². The van der Waals surface area contributed by atoms with Crippen LogP contribution in [0, 0.1) is 6.92 Å². The van der Waals surface area contributed by atoms with Gasteiger partial charge in [-0.2, -0.15) is 0 Å². The van der Waals surface area contributed by atoms with E-state index >= 15 is 0 Å². The zero-order valence-electron chi connectivity index (χ0n) is 12.2. The van der Waals surface area contributed by atoms with E-state index in [-0.39, 0.29) is 17.2 Å². The van der Waals surface area contributed by atoms with Gasteiger partial charge < -0.3 is 0 Å². The van der Waals surface area contributed by atoms with E-state index in [1.165, 1.54) is 11.1 Å². The van der Waals surface area contributed by atoms with Gasteiger partial charge in [0.25, 0.3) is 0 Å². The molecule has 2 N–H and O–H groups in total. The van der Waals surface area contributed by atoms with Crippen LogP contribution in [0.3, 0.4) is 0 Å². The zero-order valence-corrected chi connectivity index (χ0v) is 12.2. The van der Waals surface area contributed by atoms with Crippen molar-refractivity contribution in [1.82, 2.24) is 10.9 Å². The van der Waals surface area contributed by atoms with Gasteiger partial charge >= 0.3 is 0 Å². The molecule has 1 unspecified atom stereocenters. The third-order valence-electron chi connectivity index (χ3n) is 3.24. The van der Waals surface area contributed by atoms with Gasteiger partial charge in [-0.05, 0) is 36.0 Å². The van der Waals surface area contributed by atoms with Gasteiger partial charge in [-0.3, -0.25) is 10.2 Å². The van der Waals surface area contributed by atoms with Gasteiger partial charge in [0.15, 0.2) is 0 Å². The van der Waals surface area contributed by atoms with Crippen LogP contribution in [0.1, 0.15) is 50.3 Å². The first kappa shape index (κ1) is 14.7. The van der Waals surface area contributed by atoms with E-state index in [1.807, 2.05) is 6.92 Å². The second kappa shape index (κ2) is 5.53. The Labute approximate surface area is 110 Å². The number of carbonyl (C=O) groups is 1. The smallest absolute Gasteiger partial charge is 0.241 e. The topological polar surface area (TPSA) is 41.1 Å². The summed E-state index contributed by atoms with van der Waals surface area (Å²) in [4.78, 5) is 11.8. The molecule has 3 nitrogen and oxygen atoms in total. The Balaban J connectivity index is 3.02. The van der Waals surface area contributed by atoms with E-state index in [2.05, 4.69) is 56.7 Å². The number of aryl methyl sites for hydroxylation is 1. The molecule has 18 heavy (non-hydrogen) atoms. The number of rotatable bonds is 3. The van der Waals surface area contributed by atoms with Crippen molar-refractivity contribution in [3.05, 3.63) is 34.9 Å². The largest absolute Gasteiger partial charge is 0.291 e. The number of hydrogen-bond donors (Lipinski definition) is 2. The summed E-state index contributed by atoms with van der Waals surface area (Å²) in [5.41, 5.74) is 8.98. The third-order valence-corrected chi connectivity index (χ3v) is 3.24. The Bertz CT molecular complexity index is 433. The summed E-state index contributed by atoms with van der Waals surface area (Å²) >= 11 is 0. The van der Waals surface area contributed by atoms with Gasteiger partial charge in [0.05, 0.1) is 5.92 Å². The first-order chi connectivity index (χ1) is 8.27. The van der Waals surface area contributed by atoms with E-state index in [9.17, 15) is 4.79 Å². The Hall–Kier alpha value is -1.35. The molecular formula is C15H24N2O. The number of hydrazine groups is 1. The Kier molecular flexibility index (Phi) is 4.52. The highest BCUT2D eigenvalue weighted by molar-refractivity contribution is 5.83. The van der Waals surface area contributed by atoms with Crippen LogP contribution in [0.4, 0.5) is 0 Å². The lowest BCUT2D eigenvalue weighted by atomic mass is 9.84. The van der Waals surface area contributed by atoms with Gasteiger partial charge in [-0.15, -0.1) is 0 Å². The summed E-state index contributed by atoms with van der Waals surface area (Å²) in [6, 6.07) is 6.36. The van der Waals surface area contributed by atoms with E-state index in [4.69, 9.17) is 0 Å². The summed E-state index contributed by atoms with van der Waals surface area (Å²) < 4.78 is 0. The van der Waals surface area contributed by atoms with Crippen molar-refractivity contribution >= 4 is 5.91 Å². The SMILES string of the molecule is CNNC(=O)C(C)c1ccc(C(C)(C)C)cc1C. The van der Waals surface area contributed by atoms with E-state index in [1.54, 1.807) is 7.05 Å². The number of hydrogen-bond acceptors (Lipinski definition) is 2. The molecule has 0 aliphatic heterocycles. The summed E-state index contributed by atoms with van der Waals surface area (Å²) in [7, 11) is 1.69. The van der Waals surface area contributed by atoms with Crippen LogP contribution >= 0.6 is 0 Å². The molecule has 0 heterocycles. The van der Waals surface area contributed by atoms with E-state index < -0.39 is 0 Å². The molecule has 0 radical (unpaired) electrons. The van der Waals surface area contributed by atoms with E-state index in [0.29, 0.717) is 0 Å². The molecule has 1 aromatic carbocycles. The lowest BCUT2D eigenvalue weighted by Crippen LogP contribution is -2.37. The fourth-order valence-electron chi connectivity index (χ4n) is 2.00. The van der Waals surface area contributed by atoms with Gasteiger partial charge in [-0.25, -0.2) is 5.43 Å². The molecule has 0 aliphatic carbocycles. The molecule has 1 amide bonds. The molecule has 0 bridgehead atoms. The summed E-state index contributed by atoms with van der Waals surface area (Å²) in [6.45, 7) is 10.6. The lowest BCUT2D eigenvalue weighted by Gasteiger charge is -2.22. The molecule has 3 heteroatoms. The molecule has 0 fully saturated rings. The fourth-order valence-corrected chi connectivity index (χ4v) is 2.00. The predicted molar refractivity (Wildman–Crippen MR) is 75.5 cm³/mol. The highest BCUT2D eigenvalue weighted by atomic mass is 16.2. The molecule has 0 saturated carbocycles. The molecule has 1 aromatic rings. The van der Waals surface area contributed by atoms with Crippen molar-refractivity contribution in [1.29, 1.82) is 0 Å². The molecule has 0 aromatic heterocycles. The lowest BCUT2D eigenvalue weighted by molar-refractivity contribution is -0.123. The minimum Gasteiger partial charge on any atom is -0.291 e. The Morgan fingerprint density at radius 2 is 1.89 bits per heavy atom. The van der Waals surface area contributed by atoms with Gasteiger partial charge in [0.2, 0.25) is 5.91 Å². The molecule has 100 valence electrons. The van der Waals surface area contributed by atoms with Gasteiger partial charge in [-0.1, -0.05) is 39.0 Å². The Morgan fingerprint density at radius 1 is 1.28 bits per heavy atom. The monoisotopic (exact) mass is 248 g/mol. The standard InChI is InChI=1S/C15H24N2O/c1-10-9-12(15(3,4)5)7-8-13(10)11(2)14(18)17-16-6/h7-9,11,16H,1-6H3,(H,17,18). The van der Waals surface area contributed by atoms with Crippen LogP contribution in [0.2, 0.25) is 0 Å². The van der Waals surface area contributed by atoms with Crippen LogP contribution in [-0.2, 0) is 10.2 Å². The third kappa shape index (κ3) is 3.33. The quantitative estimate of drug-likeness (QED) is 0.807. The average Bonchev–Trinajstić information content (AvgIpc) is 2.27. The maximum atomic E-state index is 11.8. The highest BCUT2D eigenvalue weighted by Gasteiger charge is 2.19. The minimum absolute atomic E-state index is 0.0101. The van der Waals surface area contributed by atoms with Crippen molar-refractivity contribution in [2.75, 3.05) is 7.05 Å². The van der Waals surface area contributed by atoms with E-state index in [0.717, 1.165) is 5.56 Å². The molecule has 0 aliphatic rings. The highest BCUT2D eigenvalue weighted by Crippen LogP contribution is 2.27. The summed E-state index contributed by atoms with van der Waals surface area (Å²) in [6.07, 6.45) is 0. The number of nitrogens with one attached hydrogen (secondary N) is 2. The second-order valence-corrected chi connectivity index (χ2v) is 5.78. The van der Waals surface area contributed by atoms with Gasteiger partial charge in [0.1, 0.15) is 0 Å². The fraction of sp³-hybridized carbons (Fsp3) is 0.533. The molecule has 1 atom stereocenters. The van der Waals surface area contributed by atoms with Crippen LogP contribution in [0.5, 0.6) is 0 Å². The van der Waals surface area contributed by atoms with Crippen molar-refractivity contribution in [3.63, 3.8) is 0 Å². The van der Waals surface area contributed by atoms with Crippen LogP contribution in [-0.4, -0.2) is 13.0 Å². The first-order valence-electron chi connectivity index (χ1n) is 6.35. The van der Waals surface area contributed by atoms with Gasteiger partial charge in [0, 0.05) is 7.05 Å². The second-order valence-electron chi connectivity index (χ2n) is 5.78. The number of carbonyl (C=O) groups excluding carboxylic acids is 1. The summed E-state index contributed by atoms with van der Waals surface area (Å²) in [5, 5.41) is 0.